The number of anilines is 2. The van der Waals surface area contributed by atoms with Crippen LogP contribution in [0, 0.1) is 0 Å². The quantitative estimate of drug-likeness (QED) is 0.574. The zero-order valence-electron chi connectivity index (χ0n) is 16.2. The van der Waals surface area contributed by atoms with E-state index in [4.69, 9.17) is 4.74 Å². The van der Waals surface area contributed by atoms with Gasteiger partial charge >= 0.3 is 6.18 Å². The van der Waals surface area contributed by atoms with Crippen molar-refractivity contribution < 1.29 is 27.5 Å². The third kappa shape index (κ3) is 5.47. The van der Waals surface area contributed by atoms with Gasteiger partial charge in [-0.15, -0.1) is 11.8 Å². The van der Waals surface area contributed by atoms with Gasteiger partial charge in [-0.05, 0) is 36.8 Å². The van der Waals surface area contributed by atoms with Gasteiger partial charge in [-0.2, -0.15) is 13.2 Å². The molecule has 0 bridgehead atoms. The Hall–Kier alpha value is -2.68. The molecular formula is C21H21F3N2O3S. The molecule has 5 nitrogen and oxygen atoms in total. The molecular weight excluding hydrogens is 417 g/mol. The van der Waals surface area contributed by atoms with Gasteiger partial charge in [0.25, 0.3) is 0 Å². The lowest BCUT2D eigenvalue weighted by Crippen LogP contribution is -2.32. The van der Waals surface area contributed by atoms with E-state index in [0.29, 0.717) is 22.9 Å². The highest BCUT2D eigenvalue weighted by atomic mass is 32.2. The van der Waals surface area contributed by atoms with Crippen LogP contribution in [-0.2, 0) is 15.8 Å². The first-order valence-corrected chi connectivity index (χ1v) is 10.4. The number of alkyl halides is 3. The number of hydrogen-bond acceptors (Lipinski definition) is 4. The van der Waals surface area contributed by atoms with Crippen LogP contribution in [0.25, 0.3) is 0 Å². The van der Waals surface area contributed by atoms with Gasteiger partial charge in [0, 0.05) is 11.3 Å². The number of carbonyl (C=O) groups excluding carboxylic acids is 2. The van der Waals surface area contributed by atoms with Crippen LogP contribution in [0.4, 0.5) is 24.5 Å². The highest BCUT2D eigenvalue weighted by Gasteiger charge is 2.34. The molecule has 0 saturated carbocycles. The molecule has 0 aromatic heterocycles. The second-order valence-electron chi connectivity index (χ2n) is 6.75. The standard InChI is InChI=1S/C21H21F3N2O3S/c1-2-3-10-29-16-7-5-4-6-14(16)25-19(27)12-18-20(28)26-15-11-13(21(22,23)24)8-9-17(15)30-18/h4-9,11,18H,2-3,10,12H2,1H3,(H,25,27)(H,26,28). The summed E-state index contributed by atoms with van der Waals surface area (Å²) >= 11 is 1.07. The molecule has 0 fully saturated rings. The number of amides is 2. The molecule has 9 heteroatoms. The third-order valence-electron chi connectivity index (χ3n) is 4.41. The van der Waals surface area contributed by atoms with E-state index in [9.17, 15) is 22.8 Å². The largest absolute Gasteiger partial charge is 0.491 e. The van der Waals surface area contributed by atoms with Crippen molar-refractivity contribution in [2.24, 2.45) is 0 Å². The van der Waals surface area contributed by atoms with Crippen molar-refractivity contribution in [3.05, 3.63) is 48.0 Å². The number of fused-ring (bicyclic) bond motifs is 1. The smallest absolute Gasteiger partial charge is 0.416 e. The van der Waals surface area contributed by atoms with Crippen molar-refractivity contribution in [2.75, 3.05) is 17.2 Å². The molecule has 0 spiro atoms. The van der Waals surface area contributed by atoms with Crippen molar-refractivity contribution in [1.29, 1.82) is 0 Å². The van der Waals surface area contributed by atoms with E-state index < -0.39 is 22.9 Å². The predicted octanol–water partition coefficient (Wildman–Crippen LogP) is 5.33. The van der Waals surface area contributed by atoms with Crippen molar-refractivity contribution in [3.63, 3.8) is 0 Å². The van der Waals surface area contributed by atoms with Crippen LogP contribution in [0.3, 0.4) is 0 Å². The fraction of sp³-hybridized carbons (Fsp3) is 0.333. The Morgan fingerprint density at radius 3 is 2.73 bits per heavy atom. The molecule has 0 radical (unpaired) electrons. The van der Waals surface area contributed by atoms with Gasteiger partial charge in [0.2, 0.25) is 11.8 Å². The number of para-hydroxylation sites is 2. The molecule has 0 aliphatic carbocycles. The first kappa shape index (κ1) is 22.0. The number of unbranched alkanes of at least 4 members (excludes halogenated alkanes) is 1. The summed E-state index contributed by atoms with van der Waals surface area (Å²) < 4.78 is 44.3. The maximum absolute atomic E-state index is 12.9. The monoisotopic (exact) mass is 438 g/mol. The molecule has 1 aliphatic rings. The molecule has 160 valence electrons. The number of thioether (sulfide) groups is 1. The molecule has 2 N–H and O–H groups in total. The van der Waals surface area contributed by atoms with Gasteiger partial charge < -0.3 is 15.4 Å². The SMILES string of the molecule is CCCCOc1ccccc1NC(=O)CC1Sc2ccc(C(F)(F)F)cc2NC1=O. The summed E-state index contributed by atoms with van der Waals surface area (Å²) in [5, 5.41) is 4.48. The van der Waals surface area contributed by atoms with Crippen LogP contribution in [0.2, 0.25) is 0 Å². The first-order chi connectivity index (χ1) is 14.3. The number of benzene rings is 2. The number of carbonyl (C=O) groups is 2. The summed E-state index contributed by atoms with van der Waals surface area (Å²) in [5.41, 5.74) is -0.223. The molecule has 1 atom stereocenters. The van der Waals surface area contributed by atoms with Gasteiger partial charge in [0.05, 0.1) is 28.8 Å². The zero-order valence-corrected chi connectivity index (χ0v) is 17.0. The summed E-state index contributed by atoms with van der Waals surface area (Å²) in [6.07, 6.45) is -2.75. The van der Waals surface area contributed by atoms with E-state index >= 15 is 0 Å². The Balaban J connectivity index is 1.65. The molecule has 2 aromatic carbocycles. The summed E-state index contributed by atoms with van der Waals surface area (Å²) in [5.74, 6) is -0.343. The highest BCUT2D eigenvalue weighted by Crippen LogP contribution is 2.40. The molecule has 3 rings (SSSR count). The minimum Gasteiger partial charge on any atom is -0.491 e. The fourth-order valence-corrected chi connectivity index (χ4v) is 3.94. The lowest BCUT2D eigenvalue weighted by Gasteiger charge is -2.24. The predicted molar refractivity (Wildman–Crippen MR) is 110 cm³/mol. The minimum atomic E-state index is -4.49. The maximum atomic E-state index is 12.9. The van der Waals surface area contributed by atoms with Gasteiger partial charge in [0.15, 0.2) is 0 Å². The average molecular weight is 438 g/mol. The Kier molecular flexibility index (Phi) is 6.91. The Bertz CT molecular complexity index is 934. The van der Waals surface area contributed by atoms with Crippen LogP contribution in [0.5, 0.6) is 5.75 Å². The summed E-state index contributed by atoms with van der Waals surface area (Å²) in [6.45, 7) is 2.58. The van der Waals surface area contributed by atoms with Crippen LogP contribution in [0.15, 0.2) is 47.4 Å². The molecule has 2 aromatic rings. The second kappa shape index (κ2) is 9.42. The maximum Gasteiger partial charge on any atom is 0.416 e. The van der Waals surface area contributed by atoms with E-state index in [-0.39, 0.29) is 18.0 Å². The number of ether oxygens (including phenoxy) is 1. The van der Waals surface area contributed by atoms with E-state index in [2.05, 4.69) is 10.6 Å². The first-order valence-electron chi connectivity index (χ1n) is 9.48. The summed E-state index contributed by atoms with van der Waals surface area (Å²) in [6, 6.07) is 10.2. The zero-order chi connectivity index (χ0) is 21.7. The highest BCUT2D eigenvalue weighted by molar-refractivity contribution is 8.01. The third-order valence-corrected chi connectivity index (χ3v) is 5.69. The van der Waals surface area contributed by atoms with Crippen LogP contribution in [0.1, 0.15) is 31.7 Å². The second-order valence-corrected chi connectivity index (χ2v) is 8.00. The van der Waals surface area contributed by atoms with E-state index in [1.807, 2.05) is 6.92 Å². The fourth-order valence-electron chi connectivity index (χ4n) is 2.85. The van der Waals surface area contributed by atoms with Gasteiger partial charge in [0.1, 0.15) is 5.75 Å². The number of halogens is 3. The van der Waals surface area contributed by atoms with Gasteiger partial charge in [-0.1, -0.05) is 25.5 Å². The van der Waals surface area contributed by atoms with Crippen LogP contribution >= 0.6 is 11.8 Å². The Labute approximate surface area is 176 Å². The molecule has 1 unspecified atom stereocenters. The van der Waals surface area contributed by atoms with Crippen molar-refractivity contribution in [1.82, 2.24) is 0 Å². The molecule has 1 heterocycles. The minimum absolute atomic E-state index is 0.103. The topological polar surface area (TPSA) is 67.4 Å². The number of rotatable bonds is 7. The number of nitrogens with one attached hydrogen (secondary N) is 2. The molecule has 2 amide bonds. The molecule has 1 aliphatic heterocycles. The lowest BCUT2D eigenvalue weighted by molar-refractivity contribution is -0.137. The molecule has 0 saturated heterocycles. The lowest BCUT2D eigenvalue weighted by atomic mass is 10.1. The normalized spacial score (nSPS) is 15.9. The van der Waals surface area contributed by atoms with Crippen molar-refractivity contribution >= 4 is 35.0 Å². The van der Waals surface area contributed by atoms with Crippen LogP contribution in [-0.4, -0.2) is 23.7 Å². The van der Waals surface area contributed by atoms with Crippen LogP contribution < -0.4 is 15.4 Å². The summed E-state index contributed by atoms with van der Waals surface area (Å²) in [7, 11) is 0. The van der Waals surface area contributed by atoms with E-state index in [1.165, 1.54) is 6.07 Å². The van der Waals surface area contributed by atoms with E-state index in [1.54, 1.807) is 24.3 Å². The van der Waals surface area contributed by atoms with E-state index in [0.717, 1.165) is 36.7 Å². The van der Waals surface area contributed by atoms with Crippen molar-refractivity contribution in [2.45, 2.75) is 42.5 Å². The van der Waals surface area contributed by atoms with Gasteiger partial charge in [-0.25, -0.2) is 0 Å². The summed E-state index contributed by atoms with van der Waals surface area (Å²) in [4.78, 5) is 25.3. The molecule has 30 heavy (non-hydrogen) atoms. The number of hydrogen-bond donors (Lipinski definition) is 2. The van der Waals surface area contributed by atoms with Gasteiger partial charge in [-0.3, -0.25) is 9.59 Å². The Morgan fingerprint density at radius 2 is 2.00 bits per heavy atom. The average Bonchev–Trinajstić information content (AvgIpc) is 2.69. The Morgan fingerprint density at radius 1 is 1.23 bits per heavy atom. The van der Waals surface area contributed by atoms with Crippen molar-refractivity contribution in [3.8, 4) is 5.75 Å².